The molecular formula is C14H31N3. The molecular weight excluding hydrogens is 210 g/mol. The molecule has 0 aromatic heterocycles. The van der Waals surface area contributed by atoms with E-state index in [0.717, 1.165) is 25.4 Å². The van der Waals surface area contributed by atoms with Gasteiger partial charge in [-0.1, -0.05) is 20.8 Å². The summed E-state index contributed by atoms with van der Waals surface area (Å²) < 4.78 is 0. The van der Waals surface area contributed by atoms with Gasteiger partial charge in [0.25, 0.3) is 0 Å². The van der Waals surface area contributed by atoms with Crippen LogP contribution in [0.1, 0.15) is 46.5 Å². The highest BCUT2D eigenvalue weighted by Crippen LogP contribution is 2.19. The van der Waals surface area contributed by atoms with Crippen LogP contribution in [0.25, 0.3) is 0 Å². The van der Waals surface area contributed by atoms with Crippen LogP contribution in [0.5, 0.6) is 0 Å². The highest BCUT2D eigenvalue weighted by Gasteiger charge is 2.27. The van der Waals surface area contributed by atoms with Crippen LogP contribution in [0.2, 0.25) is 0 Å². The Balaban J connectivity index is 2.41. The van der Waals surface area contributed by atoms with E-state index < -0.39 is 0 Å². The molecule has 0 aromatic rings. The minimum absolute atomic E-state index is 0.0106. The van der Waals surface area contributed by atoms with Gasteiger partial charge in [-0.2, -0.15) is 0 Å². The Kier molecular flexibility index (Phi) is 5.90. The van der Waals surface area contributed by atoms with Crippen LogP contribution in [0.4, 0.5) is 0 Å². The van der Waals surface area contributed by atoms with Crippen molar-refractivity contribution in [1.82, 2.24) is 9.80 Å². The molecule has 3 heteroatoms. The maximum atomic E-state index is 6.41. The van der Waals surface area contributed by atoms with Gasteiger partial charge in [-0.15, -0.1) is 0 Å². The van der Waals surface area contributed by atoms with Gasteiger partial charge in [0.15, 0.2) is 0 Å². The lowest BCUT2D eigenvalue weighted by atomic mass is 9.92. The molecule has 0 aromatic carbocycles. The third kappa shape index (κ3) is 4.23. The molecule has 0 atom stereocenters. The molecule has 0 bridgehead atoms. The molecule has 0 amide bonds. The molecule has 0 spiro atoms. The molecule has 0 unspecified atom stereocenters. The fourth-order valence-electron chi connectivity index (χ4n) is 2.78. The number of rotatable bonds is 6. The van der Waals surface area contributed by atoms with Gasteiger partial charge in [0.1, 0.15) is 0 Å². The summed E-state index contributed by atoms with van der Waals surface area (Å²) in [6.45, 7) is 11.4. The fraction of sp³-hybridized carbons (Fsp3) is 1.00. The number of hydrogen-bond donors (Lipinski definition) is 1. The zero-order chi connectivity index (χ0) is 12.9. The third-order valence-corrected chi connectivity index (χ3v) is 4.60. The van der Waals surface area contributed by atoms with Crippen molar-refractivity contribution in [2.45, 2.75) is 58.0 Å². The monoisotopic (exact) mass is 241 g/mol. The van der Waals surface area contributed by atoms with Crippen molar-refractivity contribution in [3.8, 4) is 0 Å². The molecule has 0 radical (unpaired) electrons. The summed E-state index contributed by atoms with van der Waals surface area (Å²) in [5, 5.41) is 0. The van der Waals surface area contributed by atoms with Crippen LogP contribution in [0, 0.1) is 0 Å². The Hall–Kier alpha value is -0.120. The Morgan fingerprint density at radius 2 is 1.71 bits per heavy atom. The average Bonchev–Trinajstić information content (AvgIpc) is 2.38. The first-order valence-corrected chi connectivity index (χ1v) is 7.26. The van der Waals surface area contributed by atoms with E-state index in [1.807, 2.05) is 0 Å². The Morgan fingerprint density at radius 1 is 1.18 bits per heavy atom. The number of nitrogens with two attached hydrogens (primary N) is 1. The summed E-state index contributed by atoms with van der Waals surface area (Å²) in [6, 6.07) is 0.735. The summed E-state index contributed by atoms with van der Waals surface area (Å²) in [4.78, 5) is 5.04. The van der Waals surface area contributed by atoms with E-state index in [0.29, 0.717) is 0 Å². The van der Waals surface area contributed by atoms with E-state index in [1.165, 1.54) is 32.5 Å². The van der Waals surface area contributed by atoms with Gasteiger partial charge in [0.05, 0.1) is 0 Å². The predicted molar refractivity (Wildman–Crippen MR) is 75.3 cm³/mol. The topological polar surface area (TPSA) is 32.5 Å². The summed E-state index contributed by atoms with van der Waals surface area (Å²) in [7, 11) is 2.25. The first-order valence-electron chi connectivity index (χ1n) is 7.26. The van der Waals surface area contributed by atoms with Gasteiger partial charge >= 0.3 is 0 Å². The third-order valence-electron chi connectivity index (χ3n) is 4.60. The lowest BCUT2D eigenvalue weighted by molar-refractivity contribution is 0.109. The van der Waals surface area contributed by atoms with Gasteiger partial charge in [0, 0.05) is 18.1 Å². The van der Waals surface area contributed by atoms with E-state index in [1.54, 1.807) is 0 Å². The highest BCUT2D eigenvalue weighted by atomic mass is 15.2. The standard InChI is InChI=1S/C14H31N3/c1-5-14(15,6-2)12-16(4)13-8-10-17(7-3)11-9-13/h13H,5-12,15H2,1-4H3. The summed E-state index contributed by atoms with van der Waals surface area (Å²) in [6.07, 6.45) is 4.74. The summed E-state index contributed by atoms with van der Waals surface area (Å²) in [5.41, 5.74) is 6.42. The number of likely N-dealkylation sites (N-methyl/N-ethyl adjacent to an activating group) is 1. The normalized spacial score (nSPS) is 20.1. The molecule has 1 fully saturated rings. The van der Waals surface area contributed by atoms with E-state index in [9.17, 15) is 0 Å². The Bertz CT molecular complexity index is 206. The predicted octanol–water partition coefficient (Wildman–Crippen LogP) is 1.92. The maximum Gasteiger partial charge on any atom is 0.0278 e. The number of hydrogen-bond acceptors (Lipinski definition) is 3. The van der Waals surface area contributed by atoms with Crippen molar-refractivity contribution in [2.24, 2.45) is 5.73 Å². The molecule has 3 nitrogen and oxygen atoms in total. The van der Waals surface area contributed by atoms with E-state index in [-0.39, 0.29) is 5.54 Å². The van der Waals surface area contributed by atoms with Crippen molar-refractivity contribution in [3.63, 3.8) is 0 Å². The van der Waals surface area contributed by atoms with Crippen molar-refractivity contribution in [2.75, 3.05) is 33.2 Å². The highest BCUT2D eigenvalue weighted by molar-refractivity contribution is 4.87. The largest absolute Gasteiger partial charge is 0.324 e. The lowest BCUT2D eigenvalue weighted by Crippen LogP contribution is -2.53. The van der Waals surface area contributed by atoms with E-state index >= 15 is 0 Å². The molecule has 1 aliphatic heterocycles. The molecule has 2 N–H and O–H groups in total. The molecule has 1 heterocycles. The van der Waals surface area contributed by atoms with Crippen LogP contribution >= 0.6 is 0 Å². The van der Waals surface area contributed by atoms with Gasteiger partial charge < -0.3 is 15.5 Å². The molecule has 1 rings (SSSR count). The van der Waals surface area contributed by atoms with Gasteiger partial charge in [-0.25, -0.2) is 0 Å². The zero-order valence-electron chi connectivity index (χ0n) is 12.2. The molecule has 0 aliphatic carbocycles. The second-order valence-electron chi connectivity index (χ2n) is 5.65. The van der Waals surface area contributed by atoms with Gasteiger partial charge in [-0.05, 0) is 52.4 Å². The second kappa shape index (κ2) is 6.72. The molecule has 17 heavy (non-hydrogen) atoms. The number of likely N-dealkylation sites (tertiary alicyclic amines) is 1. The molecule has 1 saturated heterocycles. The van der Waals surface area contributed by atoms with Crippen molar-refractivity contribution < 1.29 is 0 Å². The number of nitrogens with zero attached hydrogens (tertiary/aromatic N) is 2. The van der Waals surface area contributed by atoms with Gasteiger partial charge in [-0.3, -0.25) is 0 Å². The van der Waals surface area contributed by atoms with E-state index in [4.69, 9.17) is 5.73 Å². The minimum Gasteiger partial charge on any atom is -0.324 e. The van der Waals surface area contributed by atoms with E-state index in [2.05, 4.69) is 37.6 Å². The summed E-state index contributed by atoms with van der Waals surface area (Å²) >= 11 is 0. The molecule has 0 saturated carbocycles. The Morgan fingerprint density at radius 3 is 2.12 bits per heavy atom. The quantitative estimate of drug-likeness (QED) is 0.771. The van der Waals surface area contributed by atoms with Gasteiger partial charge in [0.2, 0.25) is 0 Å². The van der Waals surface area contributed by atoms with Crippen molar-refractivity contribution in [3.05, 3.63) is 0 Å². The van der Waals surface area contributed by atoms with Crippen LogP contribution in [0.3, 0.4) is 0 Å². The molecule has 102 valence electrons. The maximum absolute atomic E-state index is 6.41. The average molecular weight is 241 g/mol. The second-order valence-corrected chi connectivity index (χ2v) is 5.65. The van der Waals surface area contributed by atoms with Crippen molar-refractivity contribution in [1.29, 1.82) is 0 Å². The molecule has 1 aliphatic rings. The number of piperidine rings is 1. The lowest BCUT2D eigenvalue weighted by Gasteiger charge is -2.40. The Labute approximate surface area is 107 Å². The zero-order valence-corrected chi connectivity index (χ0v) is 12.2. The van der Waals surface area contributed by atoms with Crippen LogP contribution in [-0.4, -0.2) is 54.6 Å². The first kappa shape index (κ1) is 14.9. The SMILES string of the molecule is CCN1CCC(N(C)CC(N)(CC)CC)CC1. The summed E-state index contributed by atoms with van der Waals surface area (Å²) in [5.74, 6) is 0. The first-order chi connectivity index (χ1) is 8.04. The minimum atomic E-state index is 0.0106. The smallest absolute Gasteiger partial charge is 0.0278 e. The van der Waals surface area contributed by atoms with Crippen LogP contribution in [0.15, 0.2) is 0 Å². The fourth-order valence-corrected chi connectivity index (χ4v) is 2.78. The van der Waals surface area contributed by atoms with Crippen molar-refractivity contribution >= 4 is 0 Å². The van der Waals surface area contributed by atoms with Crippen LogP contribution < -0.4 is 5.73 Å². The van der Waals surface area contributed by atoms with Crippen LogP contribution in [-0.2, 0) is 0 Å².